The van der Waals surface area contributed by atoms with Gasteiger partial charge in [0.05, 0.1) is 12.4 Å². The third-order valence-electron chi connectivity index (χ3n) is 1.15. The molecule has 0 spiro atoms. The van der Waals surface area contributed by atoms with Crippen molar-refractivity contribution in [3.63, 3.8) is 0 Å². The third-order valence-corrected chi connectivity index (χ3v) is 1.15. The number of aliphatic hydroxyl groups is 1. The van der Waals surface area contributed by atoms with Crippen LogP contribution < -0.4 is 0 Å². The number of rotatable bonds is 6. The van der Waals surface area contributed by atoms with E-state index in [4.69, 9.17) is 9.84 Å². The first-order valence-electron chi connectivity index (χ1n) is 3.66. The van der Waals surface area contributed by atoms with Crippen LogP contribution in [0.5, 0.6) is 0 Å². The summed E-state index contributed by atoms with van der Waals surface area (Å²) < 4.78 is 5.11. The Hall–Kier alpha value is -0.500. The van der Waals surface area contributed by atoms with Gasteiger partial charge in [-0.05, 0) is 26.2 Å². The second-order valence-electron chi connectivity index (χ2n) is 2.33. The summed E-state index contributed by atoms with van der Waals surface area (Å²) in [6.07, 6.45) is 2.91. The van der Waals surface area contributed by atoms with Crippen molar-refractivity contribution in [2.75, 3.05) is 13.2 Å². The number of allylic oxidation sites excluding steroid dienone is 1. The Morgan fingerprint density at radius 3 is 2.60 bits per heavy atom. The van der Waals surface area contributed by atoms with Crippen molar-refractivity contribution in [1.29, 1.82) is 0 Å². The lowest BCUT2D eigenvalue weighted by Gasteiger charge is -2.02. The molecule has 0 aromatic rings. The van der Waals surface area contributed by atoms with Crippen LogP contribution >= 0.6 is 0 Å². The summed E-state index contributed by atoms with van der Waals surface area (Å²) >= 11 is 0. The molecule has 0 aliphatic rings. The molecule has 0 aliphatic heterocycles. The SMILES string of the molecule is C=C(C)OCCCCCO. The summed E-state index contributed by atoms with van der Waals surface area (Å²) in [7, 11) is 0. The van der Waals surface area contributed by atoms with E-state index in [1.165, 1.54) is 0 Å². The van der Waals surface area contributed by atoms with Crippen LogP contribution in [0.2, 0.25) is 0 Å². The van der Waals surface area contributed by atoms with Gasteiger partial charge in [-0.3, -0.25) is 0 Å². The summed E-state index contributed by atoms with van der Waals surface area (Å²) in [6, 6.07) is 0. The molecule has 10 heavy (non-hydrogen) atoms. The number of hydrogen-bond donors (Lipinski definition) is 1. The average molecular weight is 144 g/mol. The van der Waals surface area contributed by atoms with Crippen molar-refractivity contribution in [2.24, 2.45) is 0 Å². The Labute approximate surface area is 62.5 Å². The monoisotopic (exact) mass is 144 g/mol. The Kier molecular flexibility index (Phi) is 6.29. The zero-order chi connectivity index (χ0) is 7.82. The third kappa shape index (κ3) is 7.50. The van der Waals surface area contributed by atoms with Crippen molar-refractivity contribution in [1.82, 2.24) is 0 Å². The fraction of sp³-hybridized carbons (Fsp3) is 0.750. The highest BCUT2D eigenvalue weighted by Crippen LogP contribution is 1.97. The van der Waals surface area contributed by atoms with E-state index < -0.39 is 0 Å². The largest absolute Gasteiger partial charge is 0.499 e. The fourth-order valence-electron chi connectivity index (χ4n) is 0.637. The second kappa shape index (κ2) is 6.62. The summed E-state index contributed by atoms with van der Waals surface area (Å²) in [5.74, 6) is 0.768. The highest BCUT2D eigenvalue weighted by atomic mass is 16.5. The normalized spacial score (nSPS) is 9.40. The molecule has 0 saturated carbocycles. The molecule has 0 heterocycles. The van der Waals surface area contributed by atoms with Gasteiger partial charge in [0.1, 0.15) is 0 Å². The first kappa shape index (κ1) is 9.50. The summed E-state index contributed by atoms with van der Waals surface area (Å²) in [6.45, 7) is 6.46. The van der Waals surface area contributed by atoms with Crippen LogP contribution in [-0.4, -0.2) is 18.3 Å². The second-order valence-corrected chi connectivity index (χ2v) is 2.33. The highest BCUT2D eigenvalue weighted by molar-refractivity contribution is 4.72. The zero-order valence-electron chi connectivity index (χ0n) is 6.60. The van der Waals surface area contributed by atoms with Crippen molar-refractivity contribution < 1.29 is 9.84 Å². The molecule has 0 radical (unpaired) electrons. The van der Waals surface area contributed by atoms with E-state index in [1.807, 2.05) is 6.92 Å². The first-order chi connectivity index (χ1) is 4.77. The molecule has 0 aromatic carbocycles. The van der Waals surface area contributed by atoms with Gasteiger partial charge in [0.25, 0.3) is 0 Å². The van der Waals surface area contributed by atoms with Crippen LogP contribution in [0.1, 0.15) is 26.2 Å². The molecule has 0 saturated heterocycles. The minimum Gasteiger partial charge on any atom is -0.499 e. The van der Waals surface area contributed by atoms with E-state index in [0.29, 0.717) is 0 Å². The fourth-order valence-corrected chi connectivity index (χ4v) is 0.637. The first-order valence-corrected chi connectivity index (χ1v) is 3.66. The molecule has 0 atom stereocenters. The maximum absolute atomic E-state index is 8.42. The van der Waals surface area contributed by atoms with Gasteiger partial charge in [-0.2, -0.15) is 0 Å². The molecule has 2 nitrogen and oxygen atoms in total. The molecule has 0 rings (SSSR count). The Morgan fingerprint density at radius 1 is 1.40 bits per heavy atom. The molecule has 0 aliphatic carbocycles. The molecule has 2 heteroatoms. The smallest absolute Gasteiger partial charge is 0.0876 e. The van der Waals surface area contributed by atoms with Gasteiger partial charge in [-0.15, -0.1) is 0 Å². The van der Waals surface area contributed by atoms with Gasteiger partial charge in [-0.1, -0.05) is 6.58 Å². The van der Waals surface area contributed by atoms with Crippen molar-refractivity contribution in [3.05, 3.63) is 12.3 Å². The predicted octanol–water partition coefficient (Wildman–Crippen LogP) is 1.70. The minimum absolute atomic E-state index is 0.285. The van der Waals surface area contributed by atoms with Gasteiger partial charge in [0.15, 0.2) is 0 Å². The van der Waals surface area contributed by atoms with Crippen LogP contribution in [0, 0.1) is 0 Å². The van der Waals surface area contributed by atoms with Crippen LogP contribution in [0.3, 0.4) is 0 Å². The van der Waals surface area contributed by atoms with Gasteiger partial charge < -0.3 is 9.84 Å². The van der Waals surface area contributed by atoms with E-state index >= 15 is 0 Å². The Morgan fingerprint density at radius 2 is 2.10 bits per heavy atom. The van der Waals surface area contributed by atoms with Crippen molar-refractivity contribution in [3.8, 4) is 0 Å². The maximum atomic E-state index is 8.42. The zero-order valence-corrected chi connectivity index (χ0v) is 6.60. The van der Waals surface area contributed by atoms with E-state index in [1.54, 1.807) is 0 Å². The molecule has 0 fully saturated rings. The standard InChI is InChI=1S/C8H16O2/c1-8(2)10-7-5-3-4-6-9/h9H,1,3-7H2,2H3. The number of hydrogen-bond acceptors (Lipinski definition) is 2. The lowest BCUT2D eigenvalue weighted by atomic mass is 10.2. The maximum Gasteiger partial charge on any atom is 0.0876 e. The average Bonchev–Trinajstić information content (AvgIpc) is 1.87. The van der Waals surface area contributed by atoms with Crippen LogP contribution in [0.4, 0.5) is 0 Å². The van der Waals surface area contributed by atoms with Gasteiger partial charge in [-0.25, -0.2) is 0 Å². The number of ether oxygens (including phenoxy) is 1. The van der Waals surface area contributed by atoms with Gasteiger partial charge in [0.2, 0.25) is 0 Å². The molecule has 0 unspecified atom stereocenters. The summed E-state index contributed by atoms with van der Waals surface area (Å²) in [5.41, 5.74) is 0. The molecule has 60 valence electrons. The van der Waals surface area contributed by atoms with Crippen LogP contribution in [-0.2, 0) is 4.74 Å². The van der Waals surface area contributed by atoms with Crippen LogP contribution in [0.25, 0.3) is 0 Å². The lowest BCUT2D eigenvalue weighted by Crippen LogP contribution is -1.92. The predicted molar refractivity (Wildman–Crippen MR) is 41.7 cm³/mol. The topological polar surface area (TPSA) is 29.5 Å². The number of aliphatic hydroxyl groups excluding tert-OH is 1. The van der Waals surface area contributed by atoms with Crippen molar-refractivity contribution in [2.45, 2.75) is 26.2 Å². The Bertz CT molecular complexity index is 89.3. The molecular formula is C8H16O2. The van der Waals surface area contributed by atoms with E-state index in [9.17, 15) is 0 Å². The van der Waals surface area contributed by atoms with Crippen molar-refractivity contribution >= 4 is 0 Å². The Balaban J connectivity index is 2.84. The van der Waals surface area contributed by atoms with Gasteiger partial charge >= 0.3 is 0 Å². The minimum atomic E-state index is 0.285. The van der Waals surface area contributed by atoms with Gasteiger partial charge in [0, 0.05) is 6.61 Å². The number of unbranched alkanes of at least 4 members (excludes halogenated alkanes) is 2. The summed E-state index contributed by atoms with van der Waals surface area (Å²) in [5, 5.41) is 8.42. The summed E-state index contributed by atoms with van der Waals surface area (Å²) in [4.78, 5) is 0. The molecule has 1 N–H and O–H groups in total. The van der Waals surface area contributed by atoms with E-state index in [2.05, 4.69) is 6.58 Å². The lowest BCUT2D eigenvalue weighted by molar-refractivity contribution is 0.203. The molecule has 0 amide bonds. The molecule has 0 aromatic heterocycles. The molecule has 0 bridgehead atoms. The molecular weight excluding hydrogens is 128 g/mol. The van der Waals surface area contributed by atoms with E-state index in [-0.39, 0.29) is 6.61 Å². The van der Waals surface area contributed by atoms with Crippen LogP contribution in [0.15, 0.2) is 12.3 Å². The quantitative estimate of drug-likeness (QED) is 0.454. The highest BCUT2D eigenvalue weighted by Gasteiger charge is 1.88. The van der Waals surface area contributed by atoms with E-state index in [0.717, 1.165) is 31.6 Å².